The molecule has 0 aliphatic carbocycles. The number of anilines is 1. The molecule has 0 bridgehead atoms. The lowest BCUT2D eigenvalue weighted by Crippen LogP contribution is -2.30. The van der Waals surface area contributed by atoms with Crippen molar-refractivity contribution in [2.45, 2.75) is 13.0 Å². The normalized spacial score (nSPS) is 11.8. The third-order valence-electron chi connectivity index (χ3n) is 3.82. The molecule has 0 aromatic heterocycles. The van der Waals surface area contributed by atoms with E-state index < -0.39 is 6.10 Å². The minimum Gasteiger partial charge on any atom is -0.480 e. The summed E-state index contributed by atoms with van der Waals surface area (Å²) in [6, 6.07) is 18.6. The number of benzene rings is 3. The van der Waals surface area contributed by atoms with Gasteiger partial charge in [-0.25, -0.2) is 0 Å². The minimum atomic E-state index is -0.751. The number of carbonyl (C=O) groups excluding carboxylic acids is 2. The van der Waals surface area contributed by atoms with E-state index in [-0.39, 0.29) is 5.91 Å². The van der Waals surface area contributed by atoms with Gasteiger partial charge in [-0.2, -0.15) is 0 Å². The average molecular weight is 398 g/mol. The van der Waals surface area contributed by atoms with E-state index in [0.717, 1.165) is 20.9 Å². The molecule has 126 valence electrons. The van der Waals surface area contributed by atoms with Crippen LogP contribution in [0.25, 0.3) is 10.8 Å². The van der Waals surface area contributed by atoms with Gasteiger partial charge in [-0.3, -0.25) is 9.59 Å². The summed E-state index contributed by atoms with van der Waals surface area (Å²) in [7, 11) is 0. The second-order valence-electron chi connectivity index (χ2n) is 5.58. The Labute approximate surface area is 153 Å². The largest absolute Gasteiger partial charge is 0.480 e. The highest BCUT2D eigenvalue weighted by Gasteiger charge is 2.17. The lowest BCUT2D eigenvalue weighted by molar-refractivity contribution is -0.122. The standard InChI is InChI=1S/C20H16BrNO3/c1-13(25-19-10-9-16(21)11-15(19)12-23)20(24)22-18-8-4-6-14-5-2-3-7-17(14)18/h2-13H,1H3,(H,22,24)/t13-/m0/s1. The molecule has 0 saturated heterocycles. The highest BCUT2D eigenvalue weighted by atomic mass is 79.9. The van der Waals surface area contributed by atoms with Crippen molar-refractivity contribution in [2.24, 2.45) is 0 Å². The van der Waals surface area contributed by atoms with Gasteiger partial charge in [0.25, 0.3) is 5.91 Å². The number of hydrogen-bond acceptors (Lipinski definition) is 3. The topological polar surface area (TPSA) is 55.4 Å². The first kappa shape index (κ1) is 17.2. The molecule has 4 nitrogen and oxygen atoms in total. The van der Waals surface area contributed by atoms with Crippen molar-refractivity contribution in [2.75, 3.05) is 5.32 Å². The maximum Gasteiger partial charge on any atom is 0.265 e. The number of nitrogens with one attached hydrogen (secondary N) is 1. The van der Waals surface area contributed by atoms with E-state index >= 15 is 0 Å². The van der Waals surface area contributed by atoms with Gasteiger partial charge in [0, 0.05) is 15.5 Å². The van der Waals surface area contributed by atoms with Gasteiger partial charge in [-0.15, -0.1) is 0 Å². The molecule has 3 aromatic rings. The number of aldehydes is 1. The summed E-state index contributed by atoms with van der Waals surface area (Å²) in [6.45, 7) is 1.65. The molecule has 0 fully saturated rings. The van der Waals surface area contributed by atoms with Crippen molar-refractivity contribution < 1.29 is 14.3 Å². The highest BCUT2D eigenvalue weighted by Crippen LogP contribution is 2.25. The van der Waals surface area contributed by atoms with Gasteiger partial charge in [-0.05, 0) is 36.6 Å². The van der Waals surface area contributed by atoms with Gasteiger partial charge in [0.15, 0.2) is 12.4 Å². The van der Waals surface area contributed by atoms with Gasteiger partial charge < -0.3 is 10.1 Å². The second kappa shape index (κ2) is 7.49. The first-order valence-corrected chi connectivity index (χ1v) is 8.58. The van der Waals surface area contributed by atoms with Crippen LogP contribution in [0.3, 0.4) is 0 Å². The van der Waals surface area contributed by atoms with E-state index in [1.54, 1.807) is 25.1 Å². The Morgan fingerprint density at radius 2 is 1.88 bits per heavy atom. The molecule has 5 heteroatoms. The van der Waals surface area contributed by atoms with Gasteiger partial charge >= 0.3 is 0 Å². The molecule has 1 N–H and O–H groups in total. The monoisotopic (exact) mass is 397 g/mol. The maximum atomic E-state index is 12.5. The van der Waals surface area contributed by atoms with Crippen LogP contribution in [0, 0.1) is 0 Å². The fourth-order valence-electron chi connectivity index (χ4n) is 2.53. The molecule has 3 aromatic carbocycles. The van der Waals surface area contributed by atoms with Crippen LogP contribution in [0.4, 0.5) is 5.69 Å². The number of ether oxygens (including phenoxy) is 1. The Hall–Kier alpha value is -2.66. The van der Waals surface area contributed by atoms with Crippen LogP contribution >= 0.6 is 15.9 Å². The summed E-state index contributed by atoms with van der Waals surface area (Å²) >= 11 is 3.31. The number of fused-ring (bicyclic) bond motifs is 1. The molecule has 1 amide bonds. The molecule has 0 aliphatic heterocycles. The van der Waals surface area contributed by atoms with Crippen molar-refractivity contribution in [3.05, 3.63) is 70.7 Å². The van der Waals surface area contributed by atoms with Crippen molar-refractivity contribution in [3.8, 4) is 5.75 Å². The summed E-state index contributed by atoms with van der Waals surface area (Å²) in [5.74, 6) is 0.0925. The molecule has 0 radical (unpaired) electrons. The van der Waals surface area contributed by atoms with Crippen molar-refractivity contribution in [1.82, 2.24) is 0 Å². The predicted octanol–water partition coefficient (Wildman–Crippen LogP) is 4.82. The van der Waals surface area contributed by atoms with Crippen LogP contribution in [0.2, 0.25) is 0 Å². The van der Waals surface area contributed by atoms with Crippen LogP contribution in [0.15, 0.2) is 65.1 Å². The molecule has 0 spiro atoms. The molecular weight excluding hydrogens is 382 g/mol. The van der Waals surface area contributed by atoms with Gasteiger partial charge in [-0.1, -0.05) is 52.3 Å². The zero-order valence-corrected chi connectivity index (χ0v) is 15.1. The molecule has 1 atom stereocenters. The van der Waals surface area contributed by atoms with E-state index in [2.05, 4.69) is 21.2 Å². The first-order chi connectivity index (χ1) is 12.1. The molecule has 0 saturated carbocycles. The highest BCUT2D eigenvalue weighted by molar-refractivity contribution is 9.10. The third-order valence-corrected chi connectivity index (χ3v) is 4.31. The fraction of sp³-hybridized carbons (Fsp3) is 0.100. The van der Waals surface area contributed by atoms with Crippen LogP contribution in [0.5, 0.6) is 5.75 Å². The molecule has 3 rings (SSSR count). The number of halogens is 1. The third kappa shape index (κ3) is 3.88. The molecular formula is C20H16BrNO3. The number of amides is 1. The quantitative estimate of drug-likeness (QED) is 0.627. The summed E-state index contributed by atoms with van der Waals surface area (Å²) < 4.78 is 6.45. The van der Waals surface area contributed by atoms with E-state index in [4.69, 9.17) is 4.74 Å². The zero-order chi connectivity index (χ0) is 17.8. The number of hydrogen-bond donors (Lipinski definition) is 1. The summed E-state index contributed by atoms with van der Waals surface area (Å²) in [5.41, 5.74) is 1.11. The molecule has 0 aliphatic rings. The average Bonchev–Trinajstić information content (AvgIpc) is 2.63. The smallest absolute Gasteiger partial charge is 0.265 e. The number of rotatable bonds is 5. The van der Waals surface area contributed by atoms with E-state index in [9.17, 15) is 9.59 Å². The Morgan fingerprint density at radius 3 is 2.68 bits per heavy atom. The summed E-state index contributed by atoms with van der Waals surface area (Å²) in [6.07, 6.45) is -0.0473. The zero-order valence-electron chi connectivity index (χ0n) is 13.5. The molecule has 25 heavy (non-hydrogen) atoms. The van der Waals surface area contributed by atoms with Gasteiger partial charge in [0.05, 0.1) is 5.56 Å². The Bertz CT molecular complexity index is 934. The van der Waals surface area contributed by atoms with Crippen molar-refractivity contribution in [1.29, 1.82) is 0 Å². The summed E-state index contributed by atoms with van der Waals surface area (Å²) in [4.78, 5) is 23.7. The maximum absolute atomic E-state index is 12.5. The Balaban J connectivity index is 1.78. The lowest BCUT2D eigenvalue weighted by atomic mass is 10.1. The summed E-state index contributed by atoms with van der Waals surface area (Å²) in [5, 5.41) is 4.90. The van der Waals surface area contributed by atoms with Crippen molar-refractivity contribution in [3.63, 3.8) is 0 Å². The second-order valence-corrected chi connectivity index (χ2v) is 6.49. The lowest BCUT2D eigenvalue weighted by Gasteiger charge is -2.17. The Kier molecular flexibility index (Phi) is 5.14. The van der Waals surface area contributed by atoms with Crippen LogP contribution < -0.4 is 10.1 Å². The predicted molar refractivity (Wildman–Crippen MR) is 102 cm³/mol. The molecule has 0 heterocycles. The van der Waals surface area contributed by atoms with Crippen LogP contribution in [-0.4, -0.2) is 18.3 Å². The minimum absolute atomic E-state index is 0.281. The van der Waals surface area contributed by atoms with Gasteiger partial charge in [0.2, 0.25) is 0 Å². The first-order valence-electron chi connectivity index (χ1n) is 7.78. The molecule has 0 unspecified atom stereocenters. The van der Waals surface area contributed by atoms with Crippen molar-refractivity contribution >= 4 is 44.6 Å². The van der Waals surface area contributed by atoms with E-state index in [0.29, 0.717) is 17.6 Å². The van der Waals surface area contributed by atoms with E-state index in [1.165, 1.54) is 0 Å². The SMILES string of the molecule is C[C@H](Oc1ccc(Br)cc1C=O)C(=O)Nc1cccc2ccccc12. The van der Waals surface area contributed by atoms with Crippen LogP contribution in [0.1, 0.15) is 17.3 Å². The van der Waals surface area contributed by atoms with Gasteiger partial charge in [0.1, 0.15) is 5.75 Å². The Morgan fingerprint density at radius 1 is 1.12 bits per heavy atom. The van der Waals surface area contributed by atoms with Crippen LogP contribution in [-0.2, 0) is 4.79 Å². The number of carbonyl (C=O) groups is 2. The fourth-order valence-corrected chi connectivity index (χ4v) is 2.91. The van der Waals surface area contributed by atoms with E-state index in [1.807, 2.05) is 42.5 Å².